The SMILES string of the molecule is COc1ccc(CCNC(=O)[C@H]2CC(=O)N(C3CCCCC3)C2)cc1OC. The van der Waals surface area contributed by atoms with Crippen molar-refractivity contribution in [2.45, 2.75) is 51.0 Å². The maximum atomic E-state index is 12.5. The number of rotatable bonds is 7. The van der Waals surface area contributed by atoms with Gasteiger partial charge in [-0.25, -0.2) is 0 Å². The molecular weight excluding hydrogens is 344 g/mol. The van der Waals surface area contributed by atoms with E-state index in [1.165, 1.54) is 19.3 Å². The van der Waals surface area contributed by atoms with Crippen LogP contribution in [0.15, 0.2) is 18.2 Å². The van der Waals surface area contributed by atoms with Gasteiger partial charge >= 0.3 is 0 Å². The number of nitrogens with zero attached hydrogens (tertiary/aromatic N) is 1. The van der Waals surface area contributed by atoms with Crippen molar-refractivity contribution in [1.82, 2.24) is 10.2 Å². The van der Waals surface area contributed by atoms with Crippen molar-refractivity contribution in [3.8, 4) is 11.5 Å². The van der Waals surface area contributed by atoms with E-state index in [2.05, 4.69) is 5.32 Å². The lowest BCUT2D eigenvalue weighted by molar-refractivity contribution is -0.130. The van der Waals surface area contributed by atoms with Gasteiger partial charge in [0.15, 0.2) is 11.5 Å². The minimum atomic E-state index is -0.218. The average molecular weight is 374 g/mol. The third-order valence-electron chi connectivity index (χ3n) is 5.71. The van der Waals surface area contributed by atoms with Crippen LogP contribution in [-0.2, 0) is 16.0 Å². The highest BCUT2D eigenvalue weighted by Crippen LogP contribution is 2.29. The molecule has 1 aliphatic heterocycles. The van der Waals surface area contributed by atoms with Crippen molar-refractivity contribution in [3.63, 3.8) is 0 Å². The Balaban J connectivity index is 1.47. The second-order valence-corrected chi connectivity index (χ2v) is 7.47. The van der Waals surface area contributed by atoms with Crippen molar-refractivity contribution in [1.29, 1.82) is 0 Å². The van der Waals surface area contributed by atoms with Crippen molar-refractivity contribution in [2.24, 2.45) is 5.92 Å². The predicted octanol–water partition coefficient (Wildman–Crippen LogP) is 2.54. The number of carbonyl (C=O) groups is 2. The topological polar surface area (TPSA) is 67.9 Å². The van der Waals surface area contributed by atoms with Gasteiger partial charge in [0.1, 0.15) is 0 Å². The first-order valence-corrected chi connectivity index (χ1v) is 9.90. The highest BCUT2D eigenvalue weighted by Gasteiger charge is 2.37. The largest absolute Gasteiger partial charge is 0.493 e. The molecule has 1 saturated carbocycles. The lowest BCUT2D eigenvalue weighted by Gasteiger charge is -2.31. The van der Waals surface area contributed by atoms with Crippen LogP contribution in [0.5, 0.6) is 11.5 Å². The molecule has 27 heavy (non-hydrogen) atoms. The summed E-state index contributed by atoms with van der Waals surface area (Å²) < 4.78 is 10.6. The molecule has 1 atom stereocenters. The zero-order valence-corrected chi connectivity index (χ0v) is 16.3. The van der Waals surface area contributed by atoms with Gasteiger partial charge < -0.3 is 19.7 Å². The van der Waals surface area contributed by atoms with Crippen LogP contribution in [0.2, 0.25) is 0 Å². The zero-order chi connectivity index (χ0) is 19.2. The van der Waals surface area contributed by atoms with Crippen LogP contribution in [0.25, 0.3) is 0 Å². The monoisotopic (exact) mass is 374 g/mol. The summed E-state index contributed by atoms with van der Waals surface area (Å²) in [5.41, 5.74) is 1.07. The Morgan fingerprint density at radius 3 is 2.59 bits per heavy atom. The number of hydrogen-bond acceptors (Lipinski definition) is 4. The molecule has 0 aromatic heterocycles. The molecule has 0 radical (unpaired) electrons. The molecule has 6 nitrogen and oxygen atoms in total. The predicted molar refractivity (Wildman–Crippen MR) is 103 cm³/mol. The first kappa shape index (κ1) is 19.5. The summed E-state index contributed by atoms with van der Waals surface area (Å²) in [5, 5.41) is 2.99. The molecule has 1 heterocycles. The molecule has 0 spiro atoms. The minimum absolute atomic E-state index is 0.0119. The fraction of sp³-hybridized carbons (Fsp3) is 0.619. The van der Waals surface area contributed by atoms with Crippen molar-refractivity contribution >= 4 is 11.8 Å². The Labute approximate surface area is 161 Å². The number of ether oxygens (including phenoxy) is 2. The molecule has 2 fully saturated rings. The molecule has 0 bridgehead atoms. The van der Waals surface area contributed by atoms with Crippen LogP contribution in [0.1, 0.15) is 44.1 Å². The fourth-order valence-electron chi connectivity index (χ4n) is 4.16. The number of nitrogens with one attached hydrogen (secondary N) is 1. The van der Waals surface area contributed by atoms with Crippen LogP contribution >= 0.6 is 0 Å². The van der Waals surface area contributed by atoms with E-state index in [-0.39, 0.29) is 17.7 Å². The van der Waals surface area contributed by atoms with Crippen LogP contribution < -0.4 is 14.8 Å². The second kappa shape index (κ2) is 9.11. The van der Waals surface area contributed by atoms with Gasteiger partial charge in [0.25, 0.3) is 0 Å². The smallest absolute Gasteiger partial charge is 0.225 e. The van der Waals surface area contributed by atoms with E-state index in [1.807, 2.05) is 23.1 Å². The Kier molecular flexibility index (Phi) is 6.58. The summed E-state index contributed by atoms with van der Waals surface area (Å²) in [6, 6.07) is 6.11. The summed E-state index contributed by atoms with van der Waals surface area (Å²) in [5.74, 6) is 1.29. The number of amides is 2. The van der Waals surface area contributed by atoms with Gasteiger partial charge in [0, 0.05) is 25.6 Å². The third kappa shape index (κ3) is 4.73. The highest BCUT2D eigenvalue weighted by atomic mass is 16.5. The Morgan fingerprint density at radius 1 is 1.15 bits per heavy atom. The van der Waals surface area contributed by atoms with Crippen LogP contribution in [0.4, 0.5) is 0 Å². The summed E-state index contributed by atoms with van der Waals surface area (Å²) in [7, 11) is 3.22. The first-order chi connectivity index (χ1) is 13.1. The molecule has 0 unspecified atom stereocenters. The van der Waals surface area contributed by atoms with E-state index in [1.54, 1.807) is 14.2 Å². The van der Waals surface area contributed by atoms with Gasteiger partial charge in [-0.05, 0) is 37.0 Å². The van der Waals surface area contributed by atoms with E-state index in [9.17, 15) is 9.59 Å². The molecular formula is C21H30N2O4. The number of likely N-dealkylation sites (tertiary alicyclic amines) is 1. The van der Waals surface area contributed by atoms with E-state index in [4.69, 9.17) is 9.47 Å². The standard InChI is InChI=1S/C21H30N2O4/c1-26-18-9-8-15(12-19(18)27-2)10-11-22-21(25)16-13-20(24)23(14-16)17-6-4-3-5-7-17/h8-9,12,16-17H,3-7,10-11,13-14H2,1-2H3,(H,22,25)/t16-/m0/s1. The molecule has 2 amide bonds. The van der Waals surface area contributed by atoms with Crippen molar-refractivity contribution in [3.05, 3.63) is 23.8 Å². The van der Waals surface area contributed by atoms with E-state index in [0.717, 1.165) is 18.4 Å². The first-order valence-electron chi connectivity index (χ1n) is 9.90. The lowest BCUT2D eigenvalue weighted by atomic mass is 9.94. The molecule has 1 N–H and O–H groups in total. The quantitative estimate of drug-likeness (QED) is 0.796. The molecule has 6 heteroatoms. The second-order valence-electron chi connectivity index (χ2n) is 7.47. The van der Waals surface area contributed by atoms with Gasteiger partial charge in [-0.15, -0.1) is 0 Å². The molecule has 1 aromatic carbocycles. The lowest BCUT2D eigenvalue weighted by Crippen LogP contribution is -2.39. The summed E-state index contributed by atoms with van der Waals surface area (Å²) in [6.45, 7) is 1.12. The van der Waals surface area contributed by atoms with Gasteiger partial charge in [0.05, 0.1) is 20.1 Å². The molecule has 2 aliphatic rings. The molecule has 1 saturated heterocycles. The zero-order valence-electron chi connectivity index (χ0n) is 16.3. The Morgan fingerprint density at radius 2 is 1.89 bits per heavy atom. The number of methoxy groups -OCH3 is 2. The molecule has 1 aliphatic carbocycles. The van der Waals surface area contributed by atoms with E-state index < -0.39 is 0 Å². The maximum absolute atomic E-state index is 12.5. The fourth-order valence-corrected chi connectivity index (χ4v) is 4.16. The number of benzene rings is 1. The number of hydrogen-bond donors (Lipinski definition) is 1. The summed E-state index contributed by atoms with van der Waals surface area (Å²) in [4.78, 5) is 26.8. The average Bonchev–Trinajstić information content (AvgIpc) is 3.10. The van der Waals surface area contributed by atoms with E-state index >= 15 is 0 Å². The molecule has 1 aromatic rings. The van der Waals surface area contributed by atoms with Gasteiger partial charge in [-0.3, -0.25) is 9.59 Å². The maximum Gasteiger partial charge on any atom is 0.225 e. The summed E-state index contributed by atoms with van der Waals surface area (Å²) in [6.07, 6.45) is 6.86. The number of carbonyl (C=O) groups excluding carboxylic acids is 2. The summed E-state index contributed by atoms with van der Waals surface area (Å²) >= 11 is 0. The normalized spacial score (nSPS) is 20.6. The molecule has 3 rings (SSSR count). The Bertz CT molecular complexity index is 670. The van der Waals surface area contributed by atoms with Gasteiger partial charge in [-0.2, -0.15) is 0 Å². The highest BCUT2D eigenvalue weighted by molar-refractivity contribution is 5.89. The molecule has 148 valence electrons. The van der Waals surface area contributed by atoms with E-state index in [0.29, 0.717) is 43.5 Å². The van der Waals surface area contributed by atoms with Crippen molar-refractivity contribution < 1.29 is 19.1 Å². The van der Waals surface area contributed by atoms with Crippen LogP contribution in [0, 0.1) is 5.92 Å². The van der Waals surface area contributed by atoms with Gasteiger partial charge in [-0.1, -0.05) is 25.3 Å². The third-order valence-corrected chi connectivity index (χ3v) is 5.71. The van der Waals surface area contributed by atoms with Crippen LogP contribution in [-0.4, -0.2) is 50.1 Å². The van der Waals surface area contributed by atoms with Gasteiger partial charge in [0.2, 0.25) is 11.8 Å². The van der Waals surface area contributed by atoms with Crippen molar-refractivity contribution in [2.75, 3.05) is 27.3 Å². The van der Waals surface area contributed by atoms with Crippen LogP contribution in [0.3, 0.4) is 0 Å². The Hall–Kier alpha value is -2.24. The minimum Gasteiger partial charge on any atom is -0.493 e.